The van der Waals surface area contributed by atoms with Crippen LogP contribution in [0.3, 0.4) is 0 Å². The van der Waals surface area contributed by atoms with Gasteiger partial charge in [-0.25, -0.2) is 0 Å². The smallest absolute Gasteiger partial charge is 0.104 e. The van der Waals surface area contributed by atoms with Crippen molar-refractivity contribution in [3.63, 3.8) is 0 Å². The van der Waals surface area contributed by atoms with Gasteiger partial charge in [-0.05, 0) is 24.1 Å². The number of nitrogens with zero attached hydrogens (tertiary/aromatic N) is 2. The largest absolute Gasteiger partial charge is 0.373 e. The van der Waals surface area contributed by atoms with Crippen LogP contribution in [0.4, 0.5) is 5.00 Å². The first-order valence-corrected chi connectivity index (χ1v) is 8.65. The number of anilines is 1. The molecule has 0 radical (unpaired) electrons. The van der Waals surface area contributed by atoms with Crippen molar-refractivity contribution in [3.8, 4) is 11.3 Å². The predicted molar refractivity (Wildman–Crippen MR) is 98.1 cm³/mol. The number of thiophene rings is 1. The molecule has 0 saturated carbocycles. The zero-order valence-electron chi connectivity index (χ0n) is 12.9. The van der Waals surface area contributed by atoms with E-state index >= 15 is 0 Å². The van der Waals surface area contributed by atoms with E-state index in [1.54, 1.807) is 6.20 Å². The fraction of sp³-hybridized carbons (Fsp3) is 0.235. The Morgan fingerprint density at radius 3 is 2.74 bits per heavy atom. The van der Waals surface area contributed by atoms with Crippen molar-refractivity contribution in [2.75, 3.05) is 11.9 Å². The lowest BCUT2D eigenvalue weighted by molar-refractivity contribution is 0.726. The highest BCUT2D eigenvalue weighted by molar-refractivity contribution is 7.20. The van der Waals surface area contributed by atoms with Gasteiger partial charge < -0.3 is 11.1 Å². The molecule has 0 aliphatic rings. The topological polar surface area (TPSA) is 55.9 Å². The number of benzene rings is 1. The molecule has 3 aromatic rings. The molecule has 0 aliphatic carbocycles. The van der Waals surface area contributed by atoms with Gasteiger partial charge in [-0.3, -0.25) is 4.68 Å². The molecule has 0 spiro atoms. The monoisotopic (exact) mass is 346 g/mol. The van der Waals surface area contributed by atoms with Crippen LogP contribution in [0.5, 0.6) is 0 Å². The van der Waals surface area contributed by atoms with E-state index in [-0.39, 0.29) is 6.04 Å². The van der Waals surface area contributed by atoms with Crippen LogP contribution >= 0.6 is 22.9 Å². The van der Waals surface area contributed by atoms with Crippen molar-refractivity contribution in [1.29, 1.82) is 0 Å². The summed E-state index contributed by atoms with van der Waals surface area (Å²) < 4.78 is 2.58. The highest BCUT2D eigenvalue weighted by Gasteiger charge is 2.15. The van der Waals surface area contributed by atoms with Gasteiger partial charge in [-0.15, -0.1) is 11.3 Å². The summed E-state index contributed by atoms with van der Waals surface area (Å²) in [6.45, 7) is 0.561. The summed E-state index contributed by atoms with van der Waals surface area (Å²) in [4.78, 5) is 0. The molecule has 0 unspecified atom stereocenters. The molecule has 0 fully saturated rings. The van der Waals surface area contributed by atoms with Gasteiger partial charge in [0.2, 0.25) is 0 Å². The number of hydrogen-bond acceptors (Lipinski definition) is 4. The Morgan fingerprint density at radius 2 is 2.09 bits per heavy atom. The third-order valence-corrected chi connectivity index (χ3v) is 5.03. The van der Waals surface area contributed by atoms with Crippen molar-refractivity contribution in [2.45, 2.75) is 12.5 Å². The maximum atomic E-state index is 6.40. The Labute approximate surface area is 144 Å². The van der Waals surface area contributed by atoms with E-state index in [9.17, 15) is 0 Å². The van der Waals surface area contributed by atoms with Crippen LogP contribution < -0.4 is 11.1 Å². The van der Waals surface area contributed by atoms with Gasteiger partial charge in [0.1, 0.15) is 4.34 Å². The van der Waals surface area contributed by atoms with E-state index in [2.05, 4.69) is 28.6 Å². The van der Waals surface area contributed by atoms with Crippen molar-refractivity contribution in [2.24, 2.45) is 12.8 Å². The minimum Gasteiger partial charge on any atom is -0.373 e. The van der Waals surface area contributed by atoms with E-state index in [1.807, 2.05) is 36.0 Å². The molecule has 1 aromatic carbocycles. The third kappa shape index (κ3) is 3.75. The van der Waals surface area contributed by atoms with Crippen molar-refractivity contribution in [1.82, 2.24) is 9.78 Å². The van der Waals surface area contributed by atoms with Crippen LogP contribution in [0.2, 0.25) is 4.34 Å². The molecule has 4 nitrogen and oxygen atoms in total. The molecule has 2 heterocycles. The van der Waals surface area contributed by atoms with Gasteiger partial charge in [-0.1, -0.05) is 41.9 Å². The number of aromatic nitrogens is 2. The summed E-state index contributed by atoms with van der Waals surface area (Å²) >= 11 is 7.93. The van der Waals surface area contributed by atoms with E-state index in [1.165, 1.54) is 16.9 Å². The van der Waals surface area contributed by atoms with E-state index < -0.39 is 0 Å². The predicted octanol–water partition coefficient (Wildman–Crippen LogP) is 3.78. The van der Waals surface area contributed by atoms with Crippen LogP contribution in [0.1, 0.15) is 5.56 Å². The number of nitrogens with two attached hydrogens (primary N) is 1. The van der Waals surface area contributed by atoms with E-state index in [4.69, 9.17) is 17.3 Å². The lowest BCUT2D eigenvalue weighted by Crippen LogP contribution is -2.30. The van der Waals surface area contributed by atoms with E-state index in [0.29, 0.717) is 6.54 Å². The molecular weight excluding hydrogens is 328 g/mol. The zero-order chi connectivity index (χ0) is 16.2. The number of nitrogens with one attached hydrogen (secondary N) is 1. The zero-order valence-corrected chi connectivity index (χ0v) is 14.4. The molecule has 0 bridgehead atoms. The molecular formula is C17H19ClN4S. The van der Waals surface area contributed by atoms with Crippen molar-refractivity contribution in [3.05, 3.63) is 58.6 Å². The normalized spacial score (nSPS) is 12.3. The van der Waals surface area contributed by atoms with Crippen LogP contribution in [0, 0.1) is 0 Å². The summed E-state index contributed by atoms with van der Waals surface area (Å²) in [6, 6.07) is 14.6. The fourth-order valence-corrected chi connectivity index (χ4v) is 3.82. The lowest BCUT2D eigenvalue weighted by atomic mass is 10.1. The fourth-order valence-electron chi connectivity index (χ4n) is 2.55. The minimum atomic E-state index is 0.173. The molecule has 23 heavy (non-hydrogen) atoms. The summed E-state index contributed by atoms with van der Waals surface area (Å²) in [5.74, 6) is 0. The average Bonchev–Trinajstić information content (AvgIpc) is 3.13. The number of aryl methyl sites for hydroxylation is 1. The quantitative estimate of drug-likeness (QED) is 0.714. The second-order valence-electron chi connectivity index (χ2n) is 5.40. The number of rotatable bonds is 6. The van der Waals surface area contributed by atoms with Crippen LogP contribution in [-0.4, -0.2) is 22.4 Å². The molecule has 3 N–H and O–H groups in total. The van der Waals surface area contributed by atoms with Crippen molar-refractivity contribution < 1.29 is 0 Å². The lowest BCUT2D eigenvalue weighted by Gasteiger charge is -2.16. The first-order chi connectivity index (χ1) is 11.2. The Morgan fingerprint density at radius 1 is 1.30 bits per heavy atom. The third-order valence-electron chi connectivity index (χ3n) is 3.74. The summed E-state index contributed by atoms with van der Waals surface area (Å²) in [5, 5.41) is 8.72. The van der Waals surface area contributed by atoms with Crippen LogP contribution in [0.15, 0.2) is 48.7 Å². The minimum absolute atomic E-state index is 0.173. The molecule has 0 aliphatic heterocycles. The maximum absolute atomic E-state index is 6.40. The van der Waals surface area contributed by atoms with Crippen molar-refractivity contribution >= 4 is 27.9 Å². The highest BCUT2D eigenvalue weighted by Crippen LogP contribution is 2.38. The molecule has 2 aromatic heterocycles. The molecule has 3 rings (SSSR count). The summed E-state index contributed by atoms with van der Waals surface area (Å²) in [7, 11) is 1.91. The summed E-state index contributed by atoms with van der Waals surface area (Å²) in [6.07, 6.45) is 2.66. The molecule has 1 atom stereocenters. The summed E-state index contributed by atoms with van der Waals surface area (Å²) in [5.41, 5.74) is 9.20. The van der Waals surface area contributed by atoms with Gasteiger partial charge in [0.15, 0.2) is 0 Å². The first kappa shape index (κ1) is 16.1. The van der Waals surface area contributed by atoms with Gasteiger partial charge in [0.25, 0.3) is 0 Å². The second kappa shape index (κ2) is 7.17. The second-order valence-corrected chi connectivity index (χ2v) is 7.06. The molecule has 0 saturated heterocycles. The average molecular weight is 347 g/mol. The highest BCUT2D eigenvalue weighted by atomic mass is 35.5. The van der Waals surface area contributed by atoms with Crippen LogP contribution in [-0.2, 0) is 13.5 Å². The van der Waals surface area contributed by atoms with Gasteiger partial charge in [0, 0.05) is 31.4 Å². The Bertz CT molecular complexity index is 766. The molecule has 0 amide bonds. The van der Waals surface area contributed by atoms with E-state index in [0.717, 1.165) is 27.0 Å². The SMILES string of the molecule is Cn1nccc1-c1cc(N[C@H](CN)Cc2ccccc2)sc1Cl. The van der Waals surface area contributed by atoms with Gasteiger partial charge >= 0.3 is 0 Å². The Balaban J connectivity index is 1.76. The molecule has 6 heteroatoms. The molecule has 120 valence electrons. The maximum Gasteiger partial charge on any atom is 0.104 e. The first-order valence-electron chi connectivity index (χ1n) is 7.45. The van der Waals surface area contributed by atoms with Crippen LogP contribution in [0.25, 0.3) is 11.3 Å². The Hall–Kier alpha value is -1.82. The number of hydrogen-bond donors (Lipinski definition) is 2. The Kier molecular flexibility index (Phi) is 5.00. The standard InChI is InChI=1S/C17H19ClN4S/c1-22-15(7-8-20-22)14-10-16(23-17(14)18)21-13(11-19)9-12-5-3-2-4-6-12/h2-8,10,13,21H,9,11,19H2,1H3/t13-/m0/s1. The van der Waals surface area contributed by atoms with Gasteiger partial charge in [0.05, 0.1) is 10.7 Å². The van der Waals surface area contributed by atoms with Gasteiger partial charge in [-0.2, -0.15) is 5.10 Å². The number of halogens is 1.